The first-order valence-electron chi connectivity index (χ1n) is 10.3. The van der Waals surface area contributed by atoms with Crippen LogP contribution in [0.5, 0.6) is 5.88 Å². The lowest BCUT2D eigenvalue weighted by Crippen LogP contribution is -2.10. The van der Waals surface area contributed by atoms with E-state index in [0.717, 1.165) is 10.9 Å². The zero-order chi connectivity index (χ0) is 19.4. The van der Waals surface area contributed by atoms with Crippen LogP contribution in [0.4, 0.5) is 0 Å². The lowest BCUT2D eigenvalue weighted by molar-refractivity contribution is 0.456. The normalized spacial score (nSPS) is 16.3. The maximum absolute atomic E-state index is 9.02. The predicted octanol–water partition coefficient (Wildman–Crippen LogP) is 6.72. The van der Waals surface area contributed by atoms with Crippen LogP contribution in [0, 0.1) is 0 Å². The highest BCUT2D eigenvalue weighted by molar-refractivity contribution is 6.09. The average molecular weight is 375 g/mol. The minimum atomic E-state index is 0.0729. The van der Waals surface area contributed by atoms with Crippen molar-refractivity contribution in [2.24, 2.45) is 0 Å². The van der Waals surface area contributed by atoms with Crippen molar-refractivity contribution in [3.05, 3.63) is 95.6 Å². The SMILES string of the molecule is Oc1ccc2ccccc2n1.c1cc2c3ccc4c5c(ccc42)C(CCC5)c1c3. The number of pyridine rings is 1. The van der Waals surface area contributed by atoms with Crippen molar-refractivity contribution in [1.29, 1.82) is 0 Å². The lowest BCUT2D eigenvalue weighted by Gasteiger charge is -2.26. The van der Waals surface area contributed by atoms with Gasteiger partial charge in [-0.05, 0) is 69.6 Å². The van der Waals surface area contributed by atoms with E-state index in [1.165, 1.54) is 46.4 Å². The summed E-state index contributed by atoms with van der Waals surface area (Å²) in [7, 11) is 0. The number of rotatable bonds is 0. The first kappa shape index (κ1) is 16.6. The molecule has 2 nitrogen and oxygen atoms in total. The molecule has 140 valence electrons. The molecule has 10 rings (SSSR count). The number of benzene rings is 4. The van der Waals surface area contributed by atoms with Crippen LogP contribution in [0.2, 0.25) is 0 Å². The molecule has 5 aliphatic rings. The Morgan fingerprint density at radius 3 is 2.55 bits per heavy atom. The molecule has 5 aromatic rings. The fourth-order valence-corrected chi connectivity index (χ4v) is 5.11. The number of aryl methyl sites for hydroxylation is 1. The van der Waals surface area contributed by atoms with Crippen molar-refractivity contribution >= 4 is 32.4 Å². The van der Waals surface area contributed by atoms with Crippen molar-refractivity contribution in [2.45, 2.75) is 25.2 Å². The Morgan fingerprint density at radius 2 is 1.59 bits per heavy atom. The van der Waals surface area contributed by atoms with Gasteiger partial charge >= 0.3 is 0 Å². The number of aromatic hydroxyl groups is 1. The van der Waals surface area contributed by atoms with Crippen molar-refractivity contribution in [1.82, 2.24) is 4.98 Å². The number of aromatic nitrogens is 1. The molecule has 0 saturated carbocycles. The highest BCUT2D eigenvalue weighted by Crippen LogP contribution is 2.44. The van der Waals surface area contributed by atoms with E-state index in [9.17, 15) is 0 Å². The summed E-state index contributed by atoms with van der Waals surface area (Å²) in [6, 6.07) is 27.6. The lowest BCUT2D eigenvalue weighted by atomic mass is 9.78. The molecular formula is C27H21NO. The largest absolute Gasteiger partial charge is 0.493 e. The molecule has 0 fully saturated rings. The Hall–Kier alpha value is -3.39. The molecular weight excluding hydrogens is 354 g/mol. The van der Waals surface area contributed by atoms with Crippen LogP contribution in [-0.4, -0.2) is 10.1 Å². The quantitative estimate of drug-likeness (QED) is 0.305. The Labute approximate surface area is 169 Å². The van der Waals surface area contributed by atoms with E-state index in [2.05, 4.69) is 47.4 Å². The molecule has 0 radical (unpaired) electrons. The summed E-state index contributed by atoms with van der Waals surface area (Å²) >= 11 is 0. The third-order valence-corrected chi connectivity index (χ3v) is 6.47. The molecule has 1 unspecified atom stereocenters. The number of fused-ring (bicyclic) bond motifs is 1. The maximum Gasteiger partial charge on any atom is 0.211 e. The minimum absolute atomic E-state index is 0.0729. The van der Waals surface area contributed by atoms with Gasteiger partial charge in [0.2, 0.25) is 5.88 Å². The fraction of sp³-hybridized carbons (Fsp3) is 0.148. The van der Waals surface area contributed by atoms with Gasteiger partial charge in [-0.1, -0.05) is 60.7 Å². The van der Waals surface area contributed by atoms with Gasteiger partial charge in [0.1, 0.15) is 0 Å². The summed E-state index contributed by atoms with van der Waals surface area (Å²) in [6.45, 7) is 0. The number of hydrogen-bond acceptors (Lipinski definition) is 2. The van der Waals surface area contributed by atoms with Gasteiger partial charge < -0.3 is 5.11 Å². The van der Waals surface area contributed by atoms with Crippen LogP contribution in [0.3, 0.4) is 0 Å². The molecule has 0 aliphatic heterocycles. The third-order valence-electron chi connectivity index (χ3n) is 6.47. The number of para-hydroxylation sites is 1. The first-order valence-corrected chi connectivity index (χ1v) is 10.3. The van der Waals surface area contributed by atoms with Crippen LogP contribution in [-0.2, 0) is 6.42 Å². The zero-order valence-electron chi connectivity index (χ0n) is 16.1. The van der Waals surface area contributed by atoms with E-state index in [0.29, 0.717) is 5.92 Å². The smallest absolute Gasteiger partial charge is 0.211 e. The molecule has 1 aromatic heterocycles. The summed E-state index contributed by atoms with van der Waals surface area (Å²) in [6.07, 6.45) is 3.90. The first-order chi connectivity index (χ1) is 14.3. The predicted molar refractivity (Wildman–Crippen MR) is 120 cm³/mol. The summed E-state index contributed by atoms with van der Waals surface area (Å²) in [5.74, 6) is 0.705. The molecule has 0 amide bonds. The summed E-state index contributed by atoms with van der Waals surface area (Å²) in [5.41, 5.74) is 5.55. The Kier molecular flexibility index (Phi) is 3.60. The van der Waals surface area contributed by atoms with Gasteiger partial charge in [-0.3, -0.25) is 0 Å². The van der Waals surface area contributed by atoms with E-state index in [1.807, 2.05) is 30.3 Å². The molecule has 5 aliphatic carbocycles. The molecule has 0 spiro atoms. The average Bonchev–Trinajstić information content (AvgIpc) is 2.90. The second-order valence-corrected chi connectivity index (χ2v) is 8.08. The number of hydrogen-bond donors (Lipinski definition) is 1. The van der Waals surface area contributed by atoms with Gasteiger partial charge in [0.25, 0.3) is 0 Å². The monoisotopic (exact) mass is 375 g/mol. The molecule has 1 atom stereocenters. The highest BCUT2D eigenvalue weighted by atomic mass is 16.3. The molecule has 1 heterocycles. The zero-order valence-corrected chi connectivity index (χ0v) is 16.1. The molecule has 29 heavy (non-hydrogen) atoms. The van der Waals surface area contributed by atoms with Crippen LogP contribution in [0.15, 0.2) is 78.9 Å². The Morgan fingerprint density at radius 1 is 0.759 bits per heavy atom. The van der Waals surface area contributed by atoms with Gasteiger partial charge in [0, 0.05) is 17.4 Å². The van der Waals surface area contributed by atoms with Crippen molar-refractivity contribution in [3.63, 3.8) is 0 Å². The third kappa shape index (κ3) is 2.60. The van der Waals surface area contributed by atoms with Gasteiger partial charge in [-0.15, -0.1) is 0 Å². The summed E-state index contributed by atoms with van der Waals surface area (Å²) < 4.78 is 0. The van der Waals surface area contributed by atoms with Gasteiger partial charge in [-0.2, -0.15) is 0 Å². The number of nitrogens with zero attached hydrogens (tertiary/aromatic N) is 1. The van der Waals surface area contributed by atoms with E-state index in [1.54, 1.807) is 17.2 Å². The Balaban J connectivity index is 0.000000130. The second-order valence-electron chi connectivity index (χ2n) is 8.08. The van der Waals surface area contributed by atoms with E-state index in [-0.39, 0.29) is 5.88 Å². The topological polar surface area (TPSA) is 33.1 Å². The van der Waals surface area contributed by atoms with Gasteiger partial charge in [0.05, 0.1) is 5.52 Å². The minimum Gasteiger partial charge on any atom is -0.493 e. The molecule has 4 aromatic carbocycles. The fourth-order valence-electron chi connectivity index (χ4n) is 5.11. The van der Waals surface area contributed by atoms with Crippen molar-refractivity contribution < 1.29 is 5.11 Å². The van der Waals surface area contributed by atoms with Gasteiger partial charge in [-0.25, -0.2) is 4.98 Å². The molecule has 2 heteroatoms. The maximum atomic E-state index is 9.02. The standard InChI is InChI=1S/C18H14.C9H7NO/c1-2-13-11-4-6-14-12(10-11)5-7-18-15(3-1)16(13)8-9-17(14)18;11-9-6-5-7-3-1-2-4-8(7)10-9/h4-10,13H,1-3H2;1-6H,(H,10,11). The summed E-state index contributed by atoms with van der Waals surface area (Å²) in [5, 5.41) is 15.8. The molecule has 0 saturated heterocycles. The van der Waals surface area contributed by atoms with E-state index < -0.39 is 0 Å². The molecule has 8 bridgehead atoms. The Bertz CT molecular complexity index is 1400. The van der Waals surface area contributed by atoms with Crippen LogP contribution >= 0.6 is 0 Å². The summed E-state index contributed by atoms with van der Waals surface area (Å²) in [4.78, 5) is 3.93. The second kappa shape index (κ2) is 6.31. The van der Waals surface area contributed by atoms with Gasteiger partial charge in [0.15, 0.2) is 0 Å². The van der Waals surface area contributed by atoms with E-state index >= 15 is 0 Å². The van der Waals surface area contributed by atoms with Crippen LogP contribution < -0.4 is 0 Å². The van der Waals surface area contributed by atoms with Crippen molar-refractivity contribution in [2.75, 3.05) is 0 Å². The van der Waals surface area contributed by atoms with Crippen molar-refractivity contribution in [3.8, 4) is 5.88 Å². The van der Waals surface area contributed by atoms with Crippen LogP contribution in [0.1, 0.15) is 35.4 Å². The van der Waals surface area contributed by atoms with E-state index in [4.69, 9.17) is 5.11 Å². The van der Waals surface area contributed by atoms with Crippen LogP contribution in [0.25, 0.3) is 32.4 Å². The molecule has 1 N–H and O–H groups in total. The highest BCUT2D eigenvalue weighted by Gasteiger charge is 2.25.